The standard InChI is InChI=1S/C15H26O3/c1-9(2)12-11(16)8-10(3)6-5-7-15(4)14(18-15)13(12)17/h6,9,11-14,16-17H,5,7-8H2,1-4H3/b10-6+/t11-,12-,13-,14-,15-/m1/s1. The van der Waals surface area contributed by atoms with Crippen molar-refractivity contribution in [2.45, 2.75) is 70.9 Å². The van der Waals surface area contributed by atoms with E-state index in [1.807, 2.05) is 0 Å². The highest BCUT2D eigenvalue weighted by atomic mass is 16.6. The first-order valence-corrected chi connectivity index (χ1v) is 7.05. The van der Waals surface area contributed by atoms with Gasteiger partial charge in [-0.05, 0) is 39.0 Å². The molecule has 1 heterocycles. The molecule has 1 fully saturated rings. The zero-order valence-electron chi connectivity index (χ0n) is 11.9. The van der Waals surface area contributed by atoms with Crippen LogP contribution in [0.5, 0.6) is 0 Å². The van der Waals surface area contributed by atoms with E-state index in [-0.39, 0.29) is 23.5 Å². The SMILES string of the molecule is C/C1=C\CC[C@@]2(C)O[C@@H]2[C@H](O)[C@H](C(C)C)[C@H](O)C1. The van der Waals surface area contributed by atoms with Gasteiger partial charge in [-0.3, -0.25) is 0 Å². The number of hydrogen-bond donors (Lipinski definition) is 2. The molecule has 1 aliphatic carbocycles. The Bertz CT molecular complexity index is 337. The topological polar surface area (TPSA) is 53.0 Å². The molecule has 0 bridgehead atoms. The third-order valence-electron chi connectivity index (χ3n) is 4.52. The van der Waals surface area contributed by atoms with E-state index >= 15 is 0 Å². The molecule has 0 aromatic carbocycles. The zero-order valence-corrected chi connectivity index (χ0v) is 11.9. The number of ether oxygens (including phenoxy) is 1. The number of hydrogen-bond acceptors (Lipinski definition) is 3. The summed E-state index contributed by atoms with van der Waals surface area (Å²) in [6.45, 7) is 8.24. The lowest BCUT2D eigenvalue weighted by Crippen LogP contribution is -2.41. The Morgan fingerprint density at radius 2 is 2.06 bits per heavy atom. The van der Waals surface area contributed by atoms with E-state index in [0.717, 1.165) is 12.8 Å². The summed E-state index contributed by atoms with van der Waals surface area (Å²) in [4.78, 5) is 0. The highest BCUT2D eigenvalue weighted by Gasteiger charge is 2.58. The summed E-state index contributed by atoms with van der Waals surface area (Å²) in [5.74, 6) is 0.133. The van der Waals surface area contributed by atoms with Gasteiger partial charge in [0.05, 0.1) is 17.8 Å². The van der Waals surface area contributed by atoms with Crippen molar-refractivity contribution in [3.05, 3.63) is 11.6 Å². The Hall–Kier alpha value is -0.380. The van der Waals surface area contributed by atoms with Gasteiger partial charge in [0.15, 0.2) is 0 Å². The Morgan fingerprint density at radius 3 is 2.67 bits per heavy atom. The zero-order chi connectivity index (χ0) is 13.5. The van der Waals surface area contributed by atoms with Crippen molar-refractivity contribution in [2.24, 2.45) is 11.8 Å². The minimum Gasteiger partial charge on any atom is -0.392 e. The van der Waals surface area contributed by atoms with Gasteiger partial charge in [-0.2, -0.15) is 0 Å². The molecule has 0 amide bonds. The molecule has 1 aliphatic heterocycles. The largest absolute Gasteiger partial charge is 0.392 e. The number of fused-ring (bicyclic) bond motifs is 1. The van der Waals surface area contributed by atoms with Crippen LogP contribution in [0.4, 0.5) is 0 Å². The van der Waals surface area contributed by atoms with Gasteiger partial charge >= 0.3 is 0 Å². The van der Waals surface area contributed by atoms with E-state index in [1.165, 1.54) is 5.57 Å². The second-order valence-corrected chi connectivity index (χ2v) is 6.52. The van der Waals surface area contributed by atoms with Crippen LogP contribution in [0, 0.1) is 11.8 Å². The molecular weight excluding hydrogens is 228 g/mol. The number of aliphatic hydroxyl groups is 2. The Labute approximate surface area is 110 Å². The van der Waals surface area contributed by atoms with Crippen LogP contribution in [0.1, 0.15) is 47.0 Å². The minimum atomic E-state index is -0.559. The molecule has 0 aromatic rings. The average Bonchev–Trinajstić information content (AvgIpc) is 2.89. The predicted octanol–water partition coefficient (Wildman–Crippen LogP) is 2.27. The first kappa shape index (κ1) is 14.0. The highest BCUT2D eigenvalue weighted by molar-refractivity contribution is 5.10. The normalized spacial score (nSPS) is 48.3. The molecule has 2 N–H and O–H groups in total. The first-order chi connectivity index (χ1) is 8.35. The van der Waals surface area contributed by atoms with Gasteiger partial charge in [0.1, 0.15) is 6.10 Å². The Kier molecular flexibility index (Phi) is 3.86. The van der Waals surface area contributed by atoms with Crippen molar-refractivity contribution >= 4 is 0 Å². The molecule has 5 atom stereocenters. The fourth-order valence-corrected chi connectivity index (χ4v) is 3.31. The van der Waals surface area contributed by atoms with E-state index in [0.29, 0.717) is 6.42 Å². The van der Waals surface area contributed by atoms with Crippen LogP contribution in [0.3, 0.4) is 0 Å². The summed E-state index contributed by atoms with van der Waals surface area (Å²) < 4.78 is 5.72. The molecule has 0 radical (unpaired) electrons. The lowest BCUT2D eigenvalue weighted by molar-refractivity contribution is -0.0236. The first-order valence-electron chi connectivity index (χ1n) is 7.05. The van der Waals surface area contributed by atoms with Gasteiger partial charge in [0.25, 0.3) is 0 Å². The van der Waals surface area contributed by atoms with Gasteiger partial charge in [-0.15, -0.1) is 0 Å². The molecule has 0 saturated carbocycles. The Balaban J connectivity index is 2.22. The maximum atomic E-state index is 10.5. The van der Waals surface area contributed by atoms with Crippen LogP contribution in [0.2, 0.25) is 0 Å². The summed E-state index contributed by atoms with van der Waals surface area (Å²) >= 11 is 0. The van der Waals surface area contributed by atoms with E-state index in [1.54, 1.807) is 0 Å². The maximum Gasteiger partial charge on any atom is 0.113 e. The molecule has 2 rings (SSSR count). The molecule has 2 aliphatic rings. The van der Waals surface area contributed by atoms with Crippen molar-refractivity contribution in [2.75, 3.05) is 0 Å². The fourth-order valence-electron chi connectivity index (χ4n) is 3.31. The van der Waals surface area contributed by atoms with Gasteiger partial charge in [-0.1, -0.05) is 25.5 Å². The molecule has 0 spiro atoms. The third-order valence-corrected chi connectivity index (χ3v) is 4.52. The van der Waals surface area contributed by atoms with Crippen molar-refractivity contribution < 1.29 is 14.9 Å². The minimum absolute atomic E-state index is 0.105. The van der Waals surface area contributed by atoms with Crippen LogP contribution in [0.15, 0.2) is 11.6 Å². The van der Waals surface area contributed by atoms with Crippen LogP contribution < -0.4 is 0 Å². The molecule has 104 valence electrons. The monoisotopic (exact) mass is 254 g/mol. The molecule has 3 nitrogen and oxygen atoms in total. The second-order valence-electron chi connectivity index (χ2n) is 6.52. The number of allylic oxidation sites excluding steroid dienone is 1. The van der Waals surface area contributed by atoms with Crippen LogP contribution in [-0.2, 0) is 4.74 Å². The Morgan fingerprint density at radius 1 is 1.39 bits per heavy atom. The van der Waals surface area contributed by atoms with Crippen LogP contribution in [-0.4, -0.2) is 34.1 Å². The molecular formula is C15H26O3. The molecule has 0 unspecified atom stereocenters. The maximum absolute atomic E-state index is 10.5. The number of rotatable bonds is 1. The lowest BCUT2D eigenvalue weighted by atomic mass is 9.78. The second kappa shape index (κ2) is 4.95. The van der Waals surface area contributed by atoms with E-state index < -0.39 is 12.2 Å². The summed E-state index contributed by atoms with van der Waals surface area (Å²) in [5, 5.41) is 20.9. The van der Waals surface area contributed by atoms with Crippen molar-refractivity contribution in [1.82, 2.24) is 0 Å². The quantitative estimate of drug-likeness (QED) is 0.557. The molecule has 0 aromatic heterocycles. The fraction of sp³-hybridized carbons (Fsp3) is 0.867. The summed E-state index contributed by atoms with van der Waals surface area (Å²) in [6.07, 6.45) is 3.62. The summed E-state index contributed by atoms with van der Waals surface area (Å²) in [7, 11) is 0. The van der Waals surface area contributed by atoms with Crippen LogP contribution >= 0.6 is 0 Å². The van der Waals surface area contributed by atoms with Gasteiger partial charge in [-0.25, -0.2) is 0 Å². The van der Waals surface area contributed by atoms with Crippen molar-refractivity contribution in [3.63, 3.8) is 0 Å². The van der Waals surface area contributed by atoms with Crippen LogP contribution in [0.25, 0.3) is 0 Å². The van der Waals surface area contributed by atoms with Gasteiger partial charge in [0, 0.05) is 5.92 Å². The van der Waals surface area contributed by atoms with Gasteiger partial charge in [0.2, 0.25) is 0 Å². The van der Waals surface area contributed by atoms with Crippen molar-refractivity contribution in [1.29, 1.82) is 0 Å². The summed E-state index contributed by atoms with van der Waals surface area (Å²) in [5.41, 5.74) is 1.02. The number of aliphatic hydroxyl groups excluding tert-OH is 2. The highest BCUT2D eigenvalue weighted by Crippen LogP contribution is 2.46. The molecule has 18 heavy (non-hydrogen) atoms. The lowest BCUT2D eigenvalue weighted by Gasteiger charge is -2.31. The molecule has 1 saturated heterocycles. The third kappa shape index (κ3) is 2.63. The van der Waals surface area contributed by atoms with Gasteiger partial charge < -0.3 is 14.9 Å². The average molecular weight is 254 g/mol. The van der Waals surface area contributed by atoms with E-state index in [2.05, 4.69) is 33.8 Å². The number of epoxide rings is 1. The molecule has 3 heteroatoms. The smallest absolute Gasteiger partial charge is 0.113 e. The van der Waals surface area contributed by atoms with E-state index in [4.69, 9.17) is 4.74 Å². The van der Waals surface area contributed by atoms with Crippen molar-refractivity contribution in [3.8, 4) is 0 Å². The van der Waals surface area contributed by atoms with E-state index in [9.17, 15) is 10.2 Å². The summed E-state index contributed by atoms with van der Waals surface area (Å²) in [6, 6.07) is 0. The predicted molar refractivity (Wildman–Crippen MR) is 71.2 cm³/mol.